The molecule has 2 heterocycles. The van der Waals surface area contributed by atoms with Crippen molar-refractivity contribution in [3.05, 3.63) is 34.1 Å². The highest BCUT2D eigenvalue weighted by molar-refractivity contribution is 9.10. The summed E-state index contributed by atoms with van der Waals surface area (Å²) in [5.74, 6) is 0.954. The van der Waals surface area contributed by atoms with Gasteiger partial charge in [-0.05, 0) is 28.3 Å². The predicted octanol–water partition coefficient (Wildman–Crippen LogP) is 4.81. The van der Waals surface area contributed by atoms with Crippen LogP contribution in [0.4, 0.5) is 13.2 Å². The monoisotopic (exact) mass is 461 g/mol. The summed E-state index contributed by atoms with van der Waals surface area (Å²) in [6.45, 7) is 2.12. The summed E-state index contributed by atoms with van der Waals surface area (Å²) >= 11 is 3.09. The van der Waals surface area contributed by atoms with Crippen LogP contribution in [0.25, 0.3) is 0 Å². The van der Waals surface area contributed by atoms with Crippen molar-refractivity contribution in [2.45, 2.75) is 51.1 Å². The van der Waals surface area contributed by atoms with Crippen LogP contribution in [0.1, 0.15) is 54.8 Å². The molecule has 1 aliphatic carbocycles. The summed E-state index contributed by atoms with van der Waals surface area (Å²) in [6, 6.07) is 1.22. The maximum Gasteiger partial charge on any atom is 0.422 e. The predicted molar refractivity (Wildman–Crippen MR) is 96.2 cm³/mol. The zero-order valence-electron chi connectivity index (χ0n) is 15.3. The van der Waals surface area contributed by atoms with E-state index in [1.807, 2.05) is 6.92 Å². The van der Waals surface area contributed by atoms with E-state index >= 15 is 0 Å². The fourth-order valence-electron chi connectivity index (χ4n) is 3.03. The Morgan fingerprint density at radius 2 is 2.11 bits per heavy atom. The third-order valence-electron chi connectivity index (χ3n) is 4.55. The quantitative estimate of drug-likeness (QED) is 0.525. The van der Waals surface area contributed by atoms with E-state index in [9.17, 15) is 18.0 Å². The van der Waals surface area contributed by atoms with Crippen molar-refractivity contribution in [3.63, 3.8) is 0 Å². The van der Waals surface area contributed by atoms with Crippen molar-refractivity contribution in [1.82, 2.24) is 15.1 Å². The zero-order valence-corrected chi connectivity index (χ0v) is 16.9. The topological polar surface area (TPSA) is 78.1 Å². The van der Waals surface area contributed by atoms with Gasteiger partial charge in [-0.2, -0.15) is 18.2 Å². The molecule has 1 unspecified atom stereocenters. The fraction of sp³-hybridized carbons (Fsp3) is 0.556. The molecular weight excluding hydrogens is 443 g/mol. The van der Waals surface area contributed by atoms with Crippen molar-refractivity contribution >= 4 is 21.7 Å². The van der Waals surface area contributed by atoms with Crippen molar-refractivity contribution < 1.29 is 27.2 Å². The van der Waals surface area contributed by atoms with Crippen LogP contribution < -0.4 is 4.74 Å². The third kappa shape index (κ3) is 5.30. The molecule has 0 amide bonds. The van der Waals surface area contributed by atoms with Crippen LogP contribution in [0.15, 0.2) is 21.3 Å². The number of nitrogens with zero attached hydrogens (tertiary/aromatic N) is 3. The van der Waals surface area contributed by atoms with E-state index < -0.39 is 18.2 Å². The second kappa shape index (κ2) is 7.81. The van der Waals surface area contributed by atoms with E-state index in [2.05, 4.69) is 31.1 Å². The van der Waals surface area contributed by atoms with Gasteiger partial charge in [0.05, 0.1) is 4.47 Å². The molecule has 0 bridgehead atoms. The molecule has 1 atom stereocenters. The molecule has 1 saturated carbocycles. The van der Waals surface area contributed by atoms with Gasteiger partial charge in [0, 0.05) is 31.0 Å². The Morgan fingerprint density at radius 3 is 2.68 bits per heavy atom. The van der Waals surface area contributed by atoms with E-state index in [0.29, 0.717) is 17.6 Å². The normalized spacial score (nSPS) is 16.6. The maximum atomic E-state index is 12.9. The minimum absolute atomic E-state index is 0.0302. The molecule has 1 aliphatic rings. The number of carbonyl (C=O) groups is 1. The van der Waals surface area contributed by atoms with Crippen LogP contribution >= 0.6 is 15.9 Å². The number of pyridine rings is 1. The number of aromatic nitrogens is 3. The summed E-state index contributed by atoms with van der Waals surface area (Å²) in [7, 11) is 0. The molecule has 0 spiro atoms. The minimum atomic E-state index is -4.48. The summed E-state index contributed by atoms with van der Waals surface area (Å²) < 4.78 is 47.4. The van der Waals surface area contributed by atoms with Crippen LogP contribution in [0.5, 0.6) is 5.75 Å². The highest BCUT2D eigenvalue weighted by Crippen LogP contribution is 2.43. The number of ketones is 1. The van der Waals surface area contributed by atoms with Crippen molar-refractivity contribution in [2.24, 2.45) is 5.92 Å². The molecule has 28 heavy (non-hydrogen) atoms. The van der Waals surface area contributed by atoms with Crippen LogP contribution in [0, 0.1) is 12.8 Å². The highest BCUT2D eigenvalue weighted by Gasteiger charge is 2.40. The molecule has 6 nitrogen and oxygen atoms in total. The highest BCUT2D eigenvalue weighted by atomic mass is 79.9. The Hall–Kier alpha value is -1.97. The van der Waals surface area contributed by atoms with Gasteiger partial charge in [0.25, 0.3) is 0 Å². The Morgan fingerprint density at radius 1 is 1.39 bits per heavy atom. The Bertz CT molecular complexity index is 867. The molecule has 0 radical (unpaired) electrons. The molecular formula is C18H19BrF3N3O3. The Labute approximate surface area is 168 Å². The average Bonchev–Trinajstić information content (AvgIpc) is 3.29. The number of hydrogen-bond donors (Lipinski definition) is 0. The molecule has 0 saturated heterocycles. The molecule has 152 valence electrons. The number of Topliss-reactive ketones (excluding diaryl/α,β-unsaturated/α-hetero) is 1. The van der Waals surface area contributed by atoms with Gasteiger partial charge in [-0.25, -0.2) is 0 Å². The van der Waals surface area contributed by atoms with Gasteiger partial charge in [0.2, 0.25) is 5.89 Å². The molecule has 10 heteroatoms. The maximum absolute atomic E-state index is 12.9. The smallest absolute Gasteiger partial charge is 0.422 e. The fourth-order valence-corrected chi connectivity index (χ4v) is 3.37. The summed E-state index contributed by atoms with van der Waals surface area (Å²) in [5.41, 5.74) is -0.611. The molecule has 2 aromatic rings. The van der Waals surface area contributed by atoms with Crippen LogP contribution in [0.3, 0.4) is 0 Å². The first kappa shape index (κ1) is 20.8. The number of ether oxygens (including phenoxy) is 1. The molecule has 0 N–H and O–H groups in total. The zero-order chi connectivity index (χ0) is 20.5. The minimum Gasteiger partial charge on any atom is -0.483 e. The Balaban J connectivity index is 1.80. The molecule has 0 aromatic carbocycles. The Kier molecular flexibility index (Phi) is 5.79. The molecule has 3 rings (SSSR count). The van der Waals surface area contributed by atoms with Gasteiger partial charge in [0.1, 0.15) is 11.4 Å². The summed E-state index contributed by atoms with van der Waals surface area (Å²) in [6.07, 6.45) is -0.248. The second-order valence-electron chi connectivity index (χ2n) is 7.35. The number of rotatable bonds is 8. The van der Waals surface area contributed by atoms with Crippen LogP contribution in [-0.2, 0) is 5.41 Å². The number of halogens is 4. The number of aryl methyl sites for hydroxylation is 1. The van der Waals surface area contributed by atoms with Crippen molar-refractivity contribution in [1.29, 1.82) is 0 Å². The number of alkyl halides is 3. The SMILES string of the molecule is Cc1nc(C(C)(CC(=O)c2cc(OCC(F)(F)F)c(Br)cn2)CC2CC2)no1. The van der Waals surface area contributed by atoms with E-state index in [-0.39, 0.29) is 28.1 Å². The molecule has 0 aliphatic heterocycles. The van der Waals surface area contributed by atoms with E-state index in [1.54, 1.807) is 6.92 Å². The lowest BCUT2D eigenvalue weighted by atomic mass is 9.78. The lowest BCUT2D eigenvalue weighted by Gasteiger charge is -2.25. The van der Waals surface area contributed by atoms with E-state index in [0.717, 1.165) is 19.3 Å². The van der Waals surface area contributed by atoms with Crippen LogP contribution in [0.2, 0.25) is 0 Å². The first-order valence-corrected chi connectivity index (χ1v) is 9.54. The van der Waals surface area contributed by atoms with Gasteiger partial charge in [-0.3, -0.25) is 9.78 Å². The number of hydrogen-bond acceptors (Lipinski definition) is 6. The van der Waals surface area contributed by atoms with Gasteiger partial charge >= 0.3 is 6.18 Å². The van der Waals surface area contributed by atoms with Crippen LogP contribution in [-0.4, -0.2) is 33.7 Å². The first-order chi connectivity index (χ1) is 13.1. The number of carbonyl (C=O) groups excluding carboxylic acids is 1. The largest absolute Gasteiger partial charge is 0.483 e. The van der Waals surface area contributed by atoms with Crippen molar-refractivity contribution in [2.75, 3.05) is 6.61 Å². The first-order valence-electron chi connectivity index (χ1n) is 8.75. The molecule has 1 fully saturated rings. The van der Waals surface area contributed by atoms with E-state index in [1.165, 1.54) is 12.3 Å². The van der Waals surface area contributed by atoms with E-state index in [4.69, 9.17) is 9.26 Å². The third-order valence-corrected chi connectivity index (χ3v) is 5.15. The standard InChI is InChI=1S/C18H19BrF3N3O3/c1-10-24-16(25-28-10)17(2,6-11-3-4-11)7-14(26)13-5-15(12(19)8-23-13)27-9-18(20,21)22/h5,8,11H,3-4,6-7,9H2,1-2H3. The molecule has 2 aromatic heterocycles. The second-order valence-corrected chi connectivity index (χ2v) is 8.20. The van der Waals surface area contributed by atoms with Crippen molar-refractivity contribution in [3.8, 4) is 5.75 Å². The lowest BCUT2D eigenvalue weighted by Crippen LogP contribution is -2.28. The summed E-state index contributed by atoms with van der Waals surface area (Å²) in [5, 5.41) is 3.99. The van der Waals surface area contributed by atoms with Gasteiger partial charge in [0.15, 0.2) is 18.2 Å². The average molecular weight is 462 g/mol. The van der Waals surface area contributed by atoms with Gasteiger partial charge < -0.3 is 9.26 Å². The van der Waals surface area contributed by atoms with Gasteiger partial charge in [-0.15, -0.1) is 0 Å². The lowest BCUT2D eigenvalue weighted by molar-refractivity contribution is -0.153. The summed E-state index contributed by atoms with van der Waals surface area (Å²) in [4.78, 5) is 21.2. The van der Waals surface area contributed by atoms with Gasteiger partial charge in [-0.1, -0.05) is 24.9 Å².